The van der Waals surface area contributed by atoms with Gasteiger partial charge in [-0.05, 0) is 37.5 Å². The van der Waals surface area contributed by atoms with Gasteiger partial charge in [0.15, 0.2) is 0 Å². The predicted octanol–water partition coefficient (Wildman–Crippen LogP) is 4.33. The number of nitrogens with one attached hydrogen (secondary N) is 2. The van der Waals surface area contributed by atoms with Crippen LogP contribution < -0.4 is 10.6 Å². The molecular formula is C18H27BrN2O. The average Bonchev–Trinajstić information content (AvgIpc) is 2.46. The van der Waals surface area contributed by atoms with E-state index in [-0.39, 0.29) is 11.9 Å². The minimum absolute atomic E-state index is 0.0414. The van der Waals surface area contributed by atoms with Gasteiger partial charge in [0.25, 0.3) is 0 Å². The molecule has 0 unspecified atom stereocenters. The largest absolute Gasteiger partial charge is 0.348 e. The first-order valence-corrected chi connectivity index (χ1v) is 9.22. The third kappa shape index (κ3) is 6.09. The Morgan fingerprint density at radius 3 is 2.36 bits per heavy atom. The fraction of sp³-hybridized carbons (Fsp3) is 0.611. The van der Waals surface area contributed by atoms with Crippen LogP contribution in [0.5, 0.6) is 0 Å². The van der Waals surface area contributed by atoms with Gasteiger partial charge in [0.2, 0.25) is 5.91 Å². The number of carbonyl (C=O) groups excluding carboxylic acids is 1. The zero-order valence-electron chi connectivity index (χ0n) is 13.4. The third-order valence-electron chi connectivity index (χ3n) is 4.40. The summed E-state index contributed by atoms with van der Waals surface area (Å²) in [5, 5.41) is 6.50. The van der Waals surface area contributed by atoms with E-state index in [9.17, 15) is 4.79 Å². The second kappa shape index (κ2) is 9.31. The van der Waals surface area contributed by atoms with Gasteiger partial charge in [-0.25, -0.2) is 0 Å². The molecule has 1 aromatic carbocycles. The molecule has 122 valence electrons. The first kappa shape index (κ1) is 17.5. The van der Waals surface area contributed by atoms with Crippen LogP contribution >= 0.6 is 15.9 Å². The fourth-order valence-corrected chi connectivity index (χ4v) is 3.29. The lowest BCUT2D eigenvalue weighted by molar-refractivity contribution is -0.121. The molecule has 0 saturated heterocycles. The molecule has 4 heteroatoms. The Bertz CT molecular complexity index is 453. The second-order valence-corrected chi connectivity index (χ2v) is 7.18. The van der Waals surface area contributed by atoms with E-state index < -0.39 is 0 Å². The van der Waals surface area contributed by atoms with Crippen LogP contribution in [0, 0.1) is 0 Å². The Morgan fingerprint density at radius 1 is 1.14 bits per heavy atom. The summed E-state index contributed by atoms with van der Waals surface area (Å²) in [4.78, 5) is 12.1. The molecule has 1 atom stereocenters. The molecule has 3 nitrogen and oxygen atoms in total. The van der Waals surface area contributed by atoms with Crippen LogP contribution in [0.25, 0.3) is 0 Å². The Balaban J connectivity index is 1.73. The second-order valence-electron chi connectivity index (χ2n) is 6.26. The maximum absolute atomic E-state index is 12.1. The molecule has 1 aliphatic carbocycles. The third-order valence-corrected chi connectivity index (χ3v) is 4.93. The number of benzene rings is 1. The molecule has 0 spiro atoms. The summed E-state index contributed by atoms with van der Waals surface area (Å²) in [6.07, 6.45) is 9.03. The van der Waals surface area contributed by atoms with E-state index in [2.05, 4.69) is 26.6 Å². The Kier molecular flexibility index (Phi) is 7.40. The number of amides is 1. The van der Waals surface area contributed by atoms with Gasteiger partial charge in [-0.1, -0.05) is 60.2 Å². The molecule has 0 aliphatic heterocycles. The van der Waals surface area contributed by atoms with Crippen LogP contribution in [0.4, 0.5) is 0 Å². The smallest absolute Gasteiger partial charge is 0.234 e. The van der Waals surface area contributed by atoms with Gasteiger partial charge in [0.05, 0.1) is 12.6 Å². The molecule has 0 aromatic heterocycles. The van der Waals surface area contributed by atoms with Crippen molar-refractivity contribution in [3.63, 3.8) is 0 Å². The highest BCUT2D eigenvalue weighted by molar-refractivity contribution is 9.10. The van der Waals surface area contributed by atoms with Crippen LogP contribution in [-0.4, -0.2) is 18.5 Å². The zero-order chi connectivity index (χ0) is 15.8. The topological polar surface area (TPSA) is 41.1 Å². The van der Waals surface area contributed by atoms with E-state index in [0.717, 1.165) is 10.0 Å². The lowest BCUT2D eigenvalue weighted by Crippen LogP contribution is -2.40. The van der Waals surface area contributed by atoms with E-state index in [1.165, 1.54) is 44.9 Å². The van der Waals surface area contributed by atoms with Gasteiger partial charge in [0, 0.05) is 10.5 Å². The minimum Gasteiger partial charge on any atom is -0.348 e. The highest BCUT2D eigenvalue weighted by atomic mass is 79.9. The number of carbonyl (C=O) groups is 1. The normalized spacial score (nSPS) is 18.3. The summed E-state index contributed by atoms with van der Waals surface area (Å²) in [5.41, 5.74) is 1.13. The molecule has 2 N–H and O–H groups in total. The molecular weight excluding hydrogens is 340 g/mol. The first-order chi connectivity index (χ1) is 10.6. The number of hydrogen-bond donors (Lipinski definition) is 2. The van der Waals surface area contributed by atoms with Crippen molar-refractivity contribution in [2.75, 3.05) is 6.54 Å². The summed E-state index contributed by atoms with van der Waals surface area (Å²) in [6, 6.07) is 8.64. The van der Waals surface area contributed by atoms with E-state index in [0.29, 0.717) is 12.6 Å². The zero-order valence-corrected chi connectivity index (χ0v) is 15.0. The molecule has 0 bridgehead atoms. The summed E-state index contributed by atoms with van der Waals surface area (Å²) in [7, 11) is 0. The minimum atomic E-state index is 0.0414. The van der Waals surface area contributed by atoms with Crippen LogP contribution in [0.1, 0.15) is 63.5 Å². The Hall–Kier alpha value is -0.870. The highest BCUT2D eigenvalue weighted by Crippen LogP contribution is 2.18. The van der Waals surface area contributed by atoms with E-state index in [4.69, 9.17) is 0 Å². The molecule has 1 amide bonds. The van der Waals surface area contributed by atoms with Crippen LogP contribution in [-0.2, 0) is 4.79 Å². The van der Waals surface area contributed by atoms with Crippen molar-refractivity contribution in [1.82, 2.24) is 10.6 Å². The van der Waals surface area contributed by atoms with Crippen LogP contribution in [0.2, 0.25) is 0 Å². The molecule has 1 fully saturated rings. The highest BCUT2D eigenvalue weighted by Gasteiger charge is 2.14. The molecule has 0 heterocycles. The molecule has 1 saturated carbocycles. The molecule has 22 heavy (non-hydrogen) atoms. The summed E-state index contributed by atoms with van der Waals surface area (Å²) in [5.74, 6) is 0.0810. The standard InChI is InChI=1S/C18H27BrN2O/c1-14(15-9-11-16(19)12-10-15)21-18(22)13-20-17-7-5-3-2-4-6-8-17/h9-12,14,17,20H,2-8,13H2,1H3,(H,21,22)/t14-/m1/s1. The monoisotopic (exact) mass is 366 g/mol. The van der Waals surface area contributed by atoms with Crippen molar-refractivity contribution < 1.29 is 4.79 Å². The Labute approximate surface area is 142 Å². The average molecular weight is 367 g/mol. The fourth-order valence-electron chi connectivity index (χ4n) is 3.02. The lowest BCUT2D eigenvalue weighted by atomic mass is 9.97. The predicted molar refractivity (Wildman–Crippen MR) is 94.8 cm³/mol. The van der Waals surface area contributed by atoms with Crippen molar-refractivity contribution in [3.05, 3.63) is 34.3 Å². The molecule has 2 rings (SSSR count). The van der Waals surface area contributed by atoms with Crippen molar-refractivity contribution in [3.8, 4) is 0 Å². The van der Waals surface area contributed by atoms with Crippen LogP contribution in [0.3, 0.4) is 0 Å². The van der Waals surface area contributed by atoms with Gasteiger partial charge in [0.1, 0.15) is 0 Å². The SMILES string of the molecule is C[C@@H](NC(=O)CNC1CCCCCCC1)c1ccc(Br)cc1. The van der Waals surface area contributed by atoms with Crippen molar-refractivity contribution in [2.24, 2.45) is 0 Å². The maximum atomic E-state index is 12.1. The van der Waals surface area contributed by atoms with Crippen molar-refractivity contribution >= 4 is 21.8 Å². The van der Waals surface area contributed by atoms with Gasteiger partial charge >= 0.3 is 0 Å². The van der Waals surface area contributed by atoms with Crippen molar-refractivity contribution in [1.29, 1.82) is 0 Å². The van der Waals surface area contributed by atoms with Gasteiger partial charge < -0.3 is 10.6 Å². The number of halogens is 1. The quantitative estimate of drug-likeness (QED) is 0.813. The molecule has 0 radical (unpaired) electrons. The molecule has 1 aromatic rings. The first-order valence-electron chi connectivity index (χ1n) is 8.43. The maximum Gasteiger partial charge on any atom is 0.234 e. The van der Waals surface area contributed by atoms with Crippen molar-refractivity contribution in [2.45, 2.75) is 64.0 Å². The summed E-state index contributed by atoms with van der Waals surface area (Å²) in [6.45, 7) is 2.45. The number of hydrogen-bond acceptors (Lipinski definition) is 2. The van der Waals surface area contributed by atoms with E-state index in [1.54, 1.807) is 0 Å². The van der Waals surface area contributed by atoms with Gasteiger partial charge in [-0.2, -0.15) is 0 Å². The summed E-state index contributed by atoms with van der Waals surface area (Å²) >= 11 is 3.43. The summed E-state index contributed by atoms with van der Waals surface area (Å²) < 4.78 is 1.06. The Morgan fingerprint density at radius 2 is 1.73 bits per heavy atom. The lowest BCUT2D eigenvalue weighted by Gasteiger charge is -2.21. The van der Waals surface area contributed by atoms with Gasteiger partial charge in [-0.15, -0.1) is 0 Å². The van der Waals surface area contributed by atoms with E-state index in [1.807, 2.05) is 31.2 Å². The van der Waals surface area contributed by atoms with Crippen LogP contribution in [0.15, 0.2) is 28.7 Å². The van der Waals surface area contributed by atoms with E-state index >= 15 is 0 Å². The number of rotatable bonds is 5. The van der Waals surface area contributed by atoms with Gasteiger partial charge in [-0.3, -0.25) is 4.79 Å². The molecule has 1 aliphatic rings.